The smallest absolute Gasteiger partial charge is 0.247 e. The Labute approximate surface area is 312 Å². The fraction of sp³-hybridized carbons (Fsp3) is 0.500. The second-order valence-corrected chi connectivity index (χ2v) is 15.3. The van der Waals surface area contributed by atoms with Crippen LogP contribution >= 0.6 is 11.6 Å². The minimum atomic E-state index is -0.269. The number of fused-ring (bicyclic) bond motifs is 2. The number of piperazine rings is 1. The van der Waals surface area contributed by atoms with Crippen LogP contribution in [0.5, 0.6) is 5.75 Å². The molecule has 2 bridgehead atoms. The Morgan fingerprint density at radius 3 is 2.67 bits per heavy atom. The van der Waals surface area contributed by atoms with Crippen LogP contribution in [-0.4, -0.2) is 73.1 Å². The van der Waals surface area contributed by atoms with E-state index in [0.717, 1.165) is 67.4 Å². The summed E-state index contributed by atoms with van der Waals surface area (Å²) in [5, 5.41) is 12.9. The maximum Gasteiger partial charge on any atom is 0.247 e. The van der Waals surface area contributed by atoms with Gasteiger partial charge in [-0.05, 0) is 91.2 Å². The van der Waals surface area contributed by atoms with E-state index in [2.05, 4.69) is 67.5 Å². The number of hydrogen-bond acceptors (Lipinski definition) is 9. The van der Waals surface area contributed by atoms with Crippen LogP contribution in [0.25, 0.3) is 0 Å². The van der Waals surface area contributed by atoms with E-state index in [1.165, 1.54) is 31.8 Å². The van der Waals surface area contributed by atoms with E-state index in [9.17, 15) is 9.59 Å². The Hall–Kier alpha value is -4.35. The van der Waals surface area contributed by atoms with Crippen LogP contribution in [0.3, 0.4) is 0 Å². The molecule has 2 amide bonds. The second-order valence-electron chi connectivity index (χ2n) is 14.8. The maximum atomic E-state index is 13.0. The predicted molar refractivity (Wildman–Crippen MR) is 209 cm³/mol. The molecule has 11 nitrogen and oxygen atoms in total. The first kappa shape index (κ1) is 37.4. The number of carbonyl (C=O) groups excluding carboxylic acids is 2. The van der Waals surface area contributed by atoms with Crippen LogP contribution in [0.15, 0.2) is 61.3 Å². The van der Waals surface area contributed by atoms with E-state index in [1.54, 1.807) is 13.3 Å². The van der Waals surface area contributed by atoms with Gasteiger partial charge in [-0.1, -0.05) is 44.2 Å². The fourth-order valence-electron chi connectivity index (χ4n) is 8.54. The molecule has 2 heterocycles. The molecule has 2 saturated carbocycles. The lowest BCUT2D eigenvalue weighted by atomic mass is 9.59. The van der Waals surface area contributed by atoms with Crippen LogP contribution < -0.4 is 30.9 Å². The number of carbonyl (C=O) groups is 2. The van der Waals surface area contributed by atoms with Gasteiger partial charge in [-0.3, -0.25) is 14.5 Å². The van der Waals surface area contributed by atoms with Gasteiger partial charge in [0.2, 0.25) is 17.8 Å². The van der Waals surface area contributed by atoms with Crippen molar-refractivity contribution >= 4 is 52.2 Å². The van der Waals surface area contributed by atoms with E-state index >= 15 is 0 Å². The molecule has 1 unspecified atom stereocenters. The average Bonchev–Trinajstić information content (AvgIpc) is 3.14. The number of amides is 2. The standard InChI is InChI=1S/C40H53ClN8O3/c1-5-37(50)45-31-8-6-7-28(21-31)24-43-39-34(41)25-44-40(47-39)46-35-10-9-32(22-36(35)52-4)49-15-13-48(14-16-49)12-11-42-38(51)23-33-27(3)19-29-17-26(2)18-30(33)20-29/h5-10,21-22,25-27,29-30,33H,1,11-20,23-24H2,2-4H3,(H,42,51)(H,45,50)(H2,43,44,46,47)/t26-,27+,29+,30+,33?/m1/s1. The van der Waals surface area contributed by atoms with Gasteiger partial charge in [0.25, 0.3) is 0 Å². The molecule has 3 aromatic rings. The molecule has 6 rings (SSSR count). The highest BCUT2D eigenvalue weighted by molar-refractivity contribution is 6.32. The zero-order chi connectivity index (χ0) is 36.6. The van der Waals surface area contributed by atoms with Crippen molar-refractivity contribution in [3.8, 4) is 5.75 Å². The number of halogens is 1. The van der Waals surface area contributed by atoms with Crippen LogP contribution in [0.2, 0.25) is 5.02 Å². The third-order valence-corrected chi connectivity index (χ3v) is 11.3. The summed E-state index contributed by atoms with van der Waals surface area (Å²) in [5.41, 5.74) is 3.43. The van der Waals surface area contributed by atoms with Crippen molar-refractivity contribution in [2.45, 2.75) is 52.5 Å². The summed E-state index contributed by atoms with van der Waals surface area (Å²) in [5.74, 6) is 5.08. The largest absolute Gasteiger partial charge is 0.494 e. The summed E-state index contributed by atoms with van der Waals surface area (Å²) in [6, 6.07) is 13.6. The van der Waals surface area contributed by atoms with Crippen molar-refractivity contribution in [2.24, 2.45) is 29.6 Å². The highest BCUT2D eigenvalue weighted by Gasteiger charge is 2.40. The minimum Gasteiger partial charge on any atom is -0.494 e. The molecule has 3 aliphatic rings. The van der Waals surface area contributed by atoms with Gasteiger partial charge in [-0.15, -0.1) is 0 Å². The maximum absolute atomic E-state index is 13.0. The van der Waals surface area contributed by atoms with E-state index in [0.29, 0.717) is 59.6 Å². The van der Waals surface area contributed by atoms with Crippen molar-refractivity contribution in [1.29, 1.82) is 0 Å². The molecule has 2 aromatic carbocycles. The van der Waals surface area contributed by atoms with Crippen molar-refractivity contribution in [1.82, 2.24) is 20.2 Å². The number of nitrogens with zero attached hydrogens (tertiary/aromatic N) is 4. The fourth-order valence-corrected chi connectivity index (χ4v) is 8.69. The highest BCUT2D eigenvalue weighted by atomic mass is 35.5. The first-order chi connectivity index (χ1) is 25.2. The molecule has 2 aliphatic carbocycles. The Morgan fingerprint density at radius 1 is 1.06 bits per heavy atom. The van der Waals surface area contributed by atoms with E-state index in [1.807, 2.05) is 36.4 Å². The van der Waals surface area contributed by atoms with Crippen molar-refractivity contribution in [3.05, 3.63) is 71.9 Å². The molecule has 1 aromatic heterocycles. The number of methoxy groups -OCH3 is 1. The number of nitrogens with one attached hydrogen (secondary N) is 4. The number of anilines is 5. The summed E-state index contributed by atoms with van der Waals surface area (Å²) >= 11 is 6.43. The van der Waals surface area contributed by atoms with Gasteiger partial charge in [-0.25, -0.2) is 4.98 Å². The molecule has 1 saturated heterocycles. The summed E-state index contributed by atoms with van der Waals surface area (Å²) in [4.78, 5) is 38.4. The Morgan fingerprint density at radius 2 is 1.88 bits per heavy atom. The Bertz CT molecular complexity index is 1710. The minimum absolute atomic E-state index is 0.225. The SMILES string of the molecule is C=CC(=O)Nc1cccc(CNc2nc(Nc3ccc(N4CCN(CCNC(=O)CC5[C@H]6C[C@H](C)C[C@H](C6)C[C@@H]5C)CC4)cc3OC)ncc2Cl)c1. The number of aromatic nitrogens is 2. The lowest BCUT2D eigenvalue weighted by Gasteiger charge is -2.46. The topological polar surface area (TPSA) is 124 Å². The predicted octanol–water partition coefficient (Wildman–Crippen LogP) is 6.96. The Kier molecular flexibility index (Phi) is 12.5. The molecular formula is C40H53ClN8O3. The van der Waals surface area contributed by atoms with Gasteiger partial charge < -0.3 is 30.9 Å². The summed E-state index contributed by atoms with van der Waals surface area (Å²) < 4.78 is 5.77. The van der Waals surface area contributed by atoms with Crippen LogP contribution in [0.1, 0.15) is 51.5 Å². The van der Waals surface area contributed by atoms with Gasteiger partial charge >= 0.3 is 0 Å². The average molecular weight is 729 g/mol. The van der Waals surface area contributed by atoms with Crippen LogP contribution in [0.4, 0.5) is 28.8 Å². The van der Waals surface area contributed by atoms with Crippen LogP contribution in [0, 0.1) is 29.6 Å². The van der Waals surface area contributed by atoms with Gasteiger partial charge in [0, 0.05) is 69.7 Å². The molecule has 5 atom stereocenters. The molecule has 4 N–H and O–H groups in total. The van der Waals surface area contributed by atoms with Gasteiger partial charge in [0.05, 0.1) is 19.0 Å². The normalized spacial score (nSPS) is 23.0. The molecule has 0 radical (unpaired) electrons. The highest BCUT2D eigenvalue weighted by Crippen LogP contribution is 2.49. The zero-order valence-electron chi connectivity index (χ0n) is 30.7. The Balaban J connectivity index is 0.964. The quantitative estimate of drug-likeness (QED) is 0.131. The second kappa shape index (κ2) is 17.4. The van der Waals surface area contributed by atoms with Gasteiger partial charge in [-0.2, -0.15) is 4.98 Å². The number of benzene rings is 2. The number of hydrogen-bond donors (Lipinski definition) is 4. The van der Waals surface area contributed by atoms with Crippen molar-refractivity contribution < 1.29 is 14.3 Å². The zero-order valence-corrected chi connectivity index (χ0v) is 31.4. The van der Waals surface area contributed by atoms with E-state index in [4.69, 9.17) is 16.3 Å². The van der Waals surface area contributed by atoms with E-state index in [-0.39, 0.29) is 11.8 Å². The summed E-state index contributed by atoms with van der Waals surface area (Å²) in [7, 11) is 1.65. The van der Waals surface area contributed by atoms with Crippen LogP contribution in [-0.2, 0) is 16.1 Å². The monoisotopic (exact) mass is 728 g/mol. The summed E-state index contributed by atoms with van der Waals surface area (Å²) in [6.07, 6.45) is 8.76. The molecule has 3 fully saturated rings. The number of ether oxygens (including phenoxy) is 1. The molecule has 12 heteroatoms. The molecule has 278 valence electrons. The molecule has 1 aliphatic heterocycles. The van der Waals surface area contributed by atoms with Crippen molar-refractivity contribution in [3.63, 3.8) is 0 Å². The van der Waals surface area contributed by atoms with E-state index < -0.39 is 0 Å². The molecule has 0 spiro atoms. The first-order valence-electron chi connectivity index (χ1n) is 18.6. The third-order valence-electron chi connectivity index (χ3n) is 11.0. The van der Waals surface area contributed by atoms with Gasteiger partial charge in [0.15, 0.2) is 5.82 Å². The lowest BCUT2D eigenvalue weighted by molar-refractivity contribution is -0.124. The molecule has 52 heavy (non-hydrogen) atoms. The third kappa shape index (κ3) is 9.74. The molecular weight excluding hydrogens is 676 g/mol. The lowest BCUT2D eigenvalue weighted by Crippen LogP contribution is -2.48. The van der Waals surface area contributed by atoms with Gasteiger partial charge in [0.1, 0.15) is 10.8 Å². The number of rotatable bonds is 14. The summed E-state index contributed by atoms with van der Waals surface area (Å²) in [6.45, 7) is 13.9. The van der Waals surface area contributed by atoms with Crippen molar-refractivity contribution in [2.75, 3.05) is 67.2 Å². The first-order valence-corrected chi connectivity index (χ1v) is 19.0.